The van der Waals surface area contributed by atoms with Gasteiger partial charge in [0.1, 0.15) is 12.7 Å². The lowest BCUT2D eigenvalue weighted by Gasteiger charge is -1.94. The van der Waals surface area contributed by atoms with Crippen LogP contribution in [0.2, 0.25) is 0 Å². The van der Waals surface area contributed by atoms with Crippen molar-refractivity contribution < 1.29 is 19.0 Å². The smallest absolute Gasteiger partial charge is 0.343 e. The molecule has 1 N–H and O–H groups in total. The minimum Gasteiger partial charge on any atom is -0.461 e. The maximum Gasteiger partial charge on any atom is 0.343 e. The van der Waals surface area contributed by atoms with Crippen LogP contribution in [0.3, 0.4) is 0 Å². The highest BCUT2D eigenvalue weighted by Crippen LogP contribution is 2.09. The van der Waals surface area contributed by atoms with Gasteiger partial charge in [-0.25, -0.2) is 9.18 Å². The number of hydrogen-bond acceptors (Lipinski definition) is 3. The van der Waals surface area contributed by atoms with Crippen molar-refractivity contribution in [3.8, 4) is 0 Å². The number of rotatable bonds is 0. The molecule has 0 aromatic carbocycles. The molecule has 0 aromatic rings. The van der Waals surface area contributed by atoms with Crippen LogP contribution in [0.25, 0.3) is 0 Å². The molecular weight excluding hydrogens is 115 g/mol. The first-order valence-corrected chi connectivity index (χ1v) is 2.20. The number of aliphatic hydroxyl groups excluding tert-OH is 1. The Labute approximate surface area is 45.1 Å². The molecule has 46 valence electrons. The number of alkyl halides is 1. The van der Waals surface area contributed by atoms with Gasteiger partial charge in [-0.15, -0.1) is 0 Å². The van der Waals surface area contributed by atoms with E-state index in [1.165, 1.54) is 0 Å². The first-order chi connectivity index (χ1) is 3.72. The highest BCUT2D eigenvalue weighted by atomic mass is 19.1. The molecule has 0 aliphatic carbocycles. The number of ether oxygens (including phenoxy) is 1. The van der Waals surface area contributed by atoms with Crippen LogP contribution >= 0.6 is 0 Å². The van der Waals surface area contributed by atoms with Gasteiger partial charge in [0.15, 0.2) is 0 Å². The Morgan fingerprint density at radius 2 is 2.50 bits per heavy atom. The first-order valence-electron chi connectivity index (χ1n) is 2.20. The van der Waals surface area contributed by atoms with Gasteiger partial charge in [0.2, 0.25) is 6.17 Å². The monoisotopic (exact) mass is 120 g/mol. The highest BCUT2D eigenvalue weighted by molar-refractivity contribution is 5.77. The molecule has 4 heteroatoms. The molecule has 3 nitrogen and oxygen atoms in total. The van der Waals surface area contributed by atoms with Crippen LogP contribution in [0.1, 0.15) is 0 Å². The van der Waals surface area contributed by atoms with Gasteiger partial charge in [-0.2, -0.15) is 0 Å². The summed E-state index contributed by atoms with van der Waals surface area (Å²) in [4.78, 5) is 10.0. The molecule has 1 saturated heterocycles. The number of hydrogen-bond donors (Lipinski definition) is 1. The highest BCUT2D eigenvalue weighted by Gasteiger charge is 2.35. The van der Waals surface area contributed by atoms with Crippen LogP contribution in [-0.2, 0) is 9.53 Å². The van der Waals surface area contributed by atoms with Crippen molar-refractivity contribution >= 4 is 5.97 Å². The van der Waals surface area contributed by atoms with Crippen molar-refractivity contribution in [1.29, 1.82) is 0 Å². The Hall–Kier alpha value is -0.640. The van der Waals surface area contributed by atoms with Crippen LogP contribution in [0, 0.1) is 0 Å². The third kappa shape index (κ3) is 0.667. The van der Waals surface area contributed by atoms with Gasteiger partial charge < -0.3 is 9.84 Å². The Balaban J connectivity index is 2.56. The van der Waals surface area contributed by atoms with E-state index < -0.39 is 18.2 Å². The molecule has 0 spiro atoms. The lowest BCUT2D eigenvalue weighted by atomic mass is 10.3. The molecule has 0 unspecified atom stereocenters. The van der Waals surface area contributed by atoms with Crippen LogP contribution in [-0.4, -0.2) is 30.0 Å². The van der Waals surface area contributed by atoms with E-state index in [1.807, 2.05) is 0 Å². The van der Waals surface area contributed by atoms with Gasteiger partial charge >= 0.3 is 5.97 Å². The van der Waals surface area contributed by atoms with E-state index in [2.05, 4.69) is 4.74 Å². The summed E-state index contributed by atoms with van der Waals surface area (Å²) in [6.07, 6.45) is -3.07. The van der Waals surface area contributed by atoms with Crippen molar-refractivity contribution in [3.05, 3.63) is 0 Å². The number of esters is 1. The molecule has 1 fully saturated rings. The largest absolute Gasteiger partial charge is 0.461 e. The zero-order chi connectivity index (χ0) is 6.15. The Morgan fingerprint density at radius 1 is 1.88 bits per heavy atom. The fourth-order valence-electron chi connectivity index (χ4n) is 0.489. The summed E-state index contributed by atoms with van der Waals surface area (Å²) >= 11 is 0. The molecule has 1 heterocycles. The van der Waals surface area contributed by atoms with Crippen molar-refractivity contribution in [1.82, 2.24) is 0 Å². The fourth-order valence-corrected chi connectivity index (χ4v) is 0.489. The van der Waals surface area contributed by atoms with Crippen molar-refractivity contribution in [2.45, 2.75) is 12.3 Å². The SMILES string of the molecule is O=C1OC[C@@H](O)[C@@H]1F. The van der Waals surface area contributed by atoms with Gasteiger partial charge in [-0.3, -0.25) is 0 Å². The van der Waals surface area contributed by atoms with Crippen LogP contribution in [0.15, 0.2) is 0 Å². The van der Waals surface area contributed by atoms with E-state index >= 15 is 0 Å². The summed E-state index contributed by atoms with van der Waals surface area (Å²) in [5.41, 5.74) is 0. The molecule has 2 atom stereocenters. The summed E-state index contributed by atoms with van der Waals surface area (Å²) < 4.78 is 16.1. The second kappa shape index (κ2) is 1.70. The summed E-state index contributed by atoms with van der Waals surface area (Å²) in [5, 5.41) is 8.45. The Morgan fingerprint density at radius 3 is 2.62 bits per heavy atom. The molecule has 1 rings (SSSR count). The molecule has 1 aliphatic rings. The van der Waals surface area contributed by atoms with Gasteiger partial charge in [0.25, 0.3) is 0 Å². The number of halogens is 1. The first kappa shape index (κ1) is 5.50. The maximum atomic E-state index is 12.0. The van der Waals surface area contributed by atoms with E-state index in [0.717, 1.165) is 0 Å². The number of carbonyl (C=O) groups excluding carboxylic acids is 1. The van der Waals surface area contributed by atoms with Gasteiger partial charge in [-0.05, 0) is 0 Å². The zero-order valence-electron chi connectivity index (χ0n) is 4.00. The second-order valence-corrected chi connectivity index (χ2v) is 1.60. The fraction of sp³-hybridized carbons (Fsp3) is 0.750. The average molecular weight is 120 g/mol. The topological polar surface area (TPSA) is 46.5 Å². The summed E-state index contributed by atoms with van der Waals surface area (Å²) in [6.45, 7) is -0.208. The molecule has 0 saturated carbocycles. The quantitative estimate of drug-likeness (QED) is 0.427. The normalized spacial score (nSPS) is 37.5. The van der Waals surface area contributed by atoms with E-state index in [4.69, 9.17) is 5.11 Å². The summed E-state index contributed by atoms with van der Waals surface area (Å²) in [6, 6.07) is 0. The predicted molar refractivity (Wildman–Crippen MR) is 21.9 cm³/mol. The predicted octanol–water partition coefficient (Wildman–Crippen LogP) is -0.758. The van der Waals surface area contributed by atoms with Crippen molar-refractivity contribution in [2.75, 3.05) is 6.61 Å². The molecule has 0 aromatic heterocycles. The number of carbonyl (C=O) groups is 1. The molecule has 0 radical (unpaired) electrons. The molecule has 0 bridgehead atoms. The standard InChI is InChI=1S/C4H5FO3/c5-3-2(6)1-8-4(3)7/h2-3,6H,1H2/t2-,3+/m1/s1. The zero-order valence-corrected chi connectivity index (χ0v) is 4.00. The third-order valence-corrected chi connectivity index (χ3v) is 0.959. The van der Waals surface area contributed by atoms with Gasteiger partial charge in [-0.1, -0.05) is 0 Å². The molecular formula is C4H5FO3. The van der Waals surface area contributed by atoms with E-state index in [1.54, 1.807) is 0 Å². The minimum absolute atomic E-state index is 0.208. The molecule has 8 heavy (non-hydrogen) atoms. The average Bonchev–Trinajstić information content (AvgIpc) is 1.98. The Kier molecular flexibility index (Phi) is 1.17. The lowest BCUT2D eigenvalue weighted by molar-refractivity contribution is -0.142. The second-order valence-electron chi connectivity index (χ2n) is 1.60. The Bertz CT molecular complexity index is 114. The number of cyclic esters (lactones) is 1. The van der Waals surface area contributed by atoms with Crippen LogP contribution < -0.4 is 0 Å². The number of aliphatic hydroxyl groups is 1. The van der Waals surface area contributed by atoms with E-state index in [-0.39, 0.29) is 6.61 Å². The third-order valence-electron chi connectivity index (χ3n) is 0.959. The minimum atomic E-state index is -1.82. The van der Waals surface area contributed by atoms with Crippen molar-refractivity contribution in [3.63, 3.8) is 0 Å². The summed E-state index contributed by atoms with van der Waals surface area (Å²) in [5.74, 6) is -0.961. The van der Waals surface area contributed by atoms with Crippen LogP contribution in [0.5, 0.6) is 0 Å². The molecule has 0 amide bonds. The van der Waals surface area contributed by atoms with Gasteiger partial charge in [0.05, 0.1) is 0 Å². The van der Waals surface area contributed by atoms with E-state index in [9.17, 15) is 9.18 Å². The van der Waals surface area contributed by atoms with Crippen molar-refractivity contribution in [2.24, 2.45) is 0 Å². The lowest BCUT2D eigenvalue weighted by Crippen LogP contribution is -2.21. The van der Waals surface area contributed by atoms with E-state index in [0.29, 0.717) is 0 Å². The van der Waals surface area contributed by atoms with Gasteiger partial charge in [0, 0.05) is 0 Å². The molecule has 1 aliphatic heterocycles. The maximum absolute atomic E-state index is 12.0. The van der Waals surface area contributed by atoms with Crippen LogP contribution in [0.4, 0.5) is 4.39 Å². The summed E-state index contributed by atoms with van der Waals surface area (Å²) in [7, 11) is 0.